The van der Waals surface area contributed by atoms with Gasteiger partial charge in [0.25, 0.3) is 0 Å². The number of hydrogen-bond donors (Lipinski definition) is 2. The third-order valence-electron chi connectivity index (χ3n) is 2.22. The molecule has 0 saturated heterocycles. The van der Waals surface area contributed by atoms with Crippen molar-refractivity contribution in [2.75, 3.05) is 5.32 Å². The van der Waals surface area contributed by atoms with Gasteiger partial charge in [-0.2, -0.15) is 0 Å². The Labute approximate surface area is 116 Å². The first-order valence-corrected chi connectivity index (χ1v) is 5.95. The molecule has 3 N–H and O–H groups in total. The summed E-state index contributed by atoms with van der Waals surface area (Å²) < 4.78 is 1.13. The largest absolute Gasteiger partial charge is 0.325 e. The van der Waals surface area contributed by atoms with Gasteiger partial charge < -0.3 is 11.1 Å². The molecule has 0 radical (unpaired) electrons. The SMILES string of the molecule is CC[C@H](N)C(=O)Nc1ccc(C)c(I)c1.Cl. The summed E-state index contributed by atoms with van der Waals surface area (Å²) in [7, 11) is 0. The number of nitrogens with one attached hydrogen (secondary N) is 1. The zero-order valence-electron chi connectivity index (χ0n) is 9.29. The fraction of sp³-hybridized carbons (Fsp3) is 0.364. The van der Waals surface area contributed by atoms with Crippen molar-refractivity contribution in [3.63, 3.8) is 0 Å². The van der Waals surface area contributed by atoms with Crippen molar-refractivity contribution in [2.24, 2.45) is 5.73 Å². The Morgan fingerprint density at radius 3 is 2.69 bits per heavy atom. The average Bonchev–Trinajstić information content (AvgIpc) is 2.22. The molecule has 0 bridgehead atoms. The first kappa shape index (κ1) is 15.7. The van der Waals surface area contributed by atoms with E-state index in [1.54, 1.807) is 0 Å². The summed E-state index contributed by atoms with van der Waals surface area (Å²) in [5.41, 5.74) is 7.63. The molecular formula is C11H16ClIN2O. The van der Waals surface area contributed by atoms with Crippen LogP contribution in [0.15, 0.2) is 18.2 Å². The van der Waals surface area contributed by atoms with Gasteiger partial charge in [0.15, 0.2) is 0 Å². The van der Waals surface area contributed by atoms with E-state index < -0.39 is 6.04 Å². The van der Waals surface area contributed by atoms with Gasteiger partial charge in [-0.05, 0) is 53.6 Å². The molecule has 0 aliphatic heterocycles. The number of benzene rings is 1. The Bertz CT molecular complexity index is 371. The summed E-state index contributed by atoms with van der Waals surface area (Å²) in [6.07, 6.45) is 0.648. The molecule has 0 aromatic heterocycles. The normalized spacial score (nSPS) is 11.5. The van der Waals surface area contributed by atoms with E-state index in [1.165, 1.54) is 5.56 Å². The number of rotatable bonds is 3. The second kappa shape index (κ2) is 7.09. The molecule has 0 saturated carbocycles. The zero-order chi connectivity index (χ0) is 11.4. The van der Waals surface area contributed by atoms with Gasteiger partial charge in [0.05, 0.1) is 6.04 Å². The van der Waals surface area contributed by atoms with Crippen molar-refractivity contribution in [1.29, 1.82) is 0 Å². The third-order valence-corrected chi connectivity index (χ3v) is 3.38. The van der Waals surface area contributed by atoms with Crippen LogP contribution in [0.3, 0.4) is 0 Å². The number of amides is 1. The molecule has 1 amide bonds. The van der Waals surface area contributed by atoms with Crippen molar-refractivity contribution < 1.29 is 4.79 Å². The highest BCUT2D eigenvalue weighted by atomic mass is 127. The average molecular weight is 355 g/mol. The number of nitrogens with two attached hydrogens (primary N) is 1. The van der Waals surface area contributed by atoms with Crippen LogP contribution >= 0.6 is 35.0 Å². The van der Waals surface area contributed by atoms with Gasteiger partial charge in [-0.15, -0.1) is 12.4 Å². The second-order valence-corrected chi connectivity index (χ2v) is 4.63. The minimum atomic E-state index is -0.427. The molecular weight excluding hydrogens is 338 g/mol. The number of carbonyl (C=O) groups excluding carboxylic acids is 1. The van der Waals surface area contributed by atoms with Gasteiger partial charge in [-0.1, -0.05) is 13.0 Å². The maximum Gasteiger partial charge on any atom is 0.241 e. The van der Waals surface area contributed by atoms with Crippen molar-refractivity contribution in [3.8, 4) is 0 Å². The summed E-state index contributed by atoms with van der Waals surface area (Å²) in [5.74, 6) is -0.128. The molecule has 1 atom stereocenters. The molecule has 0 heterocycles. The van der Waals surface area contributed by atoms with E-state index in [-0.39, 0.29) is 18.3 Å². The molecule has 0 aliphatic rings. The van der Waals surface area contributed by atoms with Gasteiger partial charge in [-0.25, -0.2) is 0 Å². The molecule has 1 aromatic carbocycles. The lowest BCUT2D eigenvalue weighted by Crippen LogP contribution is -2.34. The van der Waals surface area contributed by atoms with Crippen LogP contribution in [0.2, 0.25) is 0 Å². The monoisotopic (exact) mass is 354 g/mol. The van der Waals surface area contributed by atoms with Gasteiger partial charge in [0.2, 0.25) is 5.91 Å². The standard InChI is InChI=1S/C11H15IN2O.ClH/c1-3-10(13)11(15)14-8-5-4-7(2)9(12)6-8;/h4-6,10H,3,13H2,1-2H3,(H,14,15);1H/t10-;/m0./s1. The Morgan fingerprint density at radius 2 is 2.19 bits per heavy atom. The van der Waals surface area contributed by atoms with Crippen LogP contribution in [-0.4, -0.2) is 11.9 Å². The molecule has 90 valence electrons. The topological polar surface area (TPSA) is 55.1 Å². The second-order valence-electron chi connectivity index (χ2n) is 3.47. The molecule has 16 heavy (non-hydrogen) atoms. The van der Waals surface area contributed by atoms with Crippen molar-refractivity contribution in [2.45, 2.75) is 26.3 Å². The molecule has 0 aliphatic carbocycles. The van der Waals surface area contributed by atoms with Gasteiger partial charge in [-0.3, -0.25) is 4.79 Å². The first-order chi connectivity index (χ1) is 7.04. The molecule has 0 fully saturated rings. The van der Waals surface area contributed by atoms with E-state index in [2.05, 4.69) is 27.9 Å². The van der Waals surface area contributed by atoms with Crippen LogP contribution in [0.25, 0.3) is 0 Å². The van der Waals surface area contributed by atoms with E-state index in [0.29, 0.717) is 6.42 Å². The van der Waals surface area contributed by atoms with Crippen LogP contribution in [0.5, 0.6) is 0 Å². The fourth-order valence-electron chi connectivity index (χ4n) is 1.09. The van der Waals surface area contributed by atoms with Gasteiger partial charge in [0, 0.05) is 9.26 Å². The fourth-order valence-corrected chi connectivity index (χ4v) is 1.61. The molecule has 5 heteroatoms. The number of carbonyl (C=O) groups is 1. The minimum absolute atomic E-state index is 0. The van der Waals surface area contributed by atoms with Crippen molar-refractivity contribution in [3.05, 3.63) is 27.3 Å². The highest BCUT2D eigenvalue weighted by molar-refractivity contribution is 14.1. The van der Waals surface area contributed by atoms with E-state index in [0.717, 1.165) is 9.26 Å². The van der Waals surface area contributed by atoms with E-state index >= 15 is 0 Å². The smallest absolute Gasteiger partial charge is 0.241 e. The lowest BCUT2D eigenvalue weighted by Gasteiger charge is -2.10. The van der Waals surface area contributed by atoms with Crippen LogP contribution in [0, 0.1) is 10.5 Å². The van der Waals surface area contributed by atoms with Crippen molar-refractivity contribution >= 4 is 46.6 Å². The number of anilines is 1. The van der Waals surface area contributed by atoms with Crippen LogP contribution in [0.1, 0.15) is 18.9 Å². The maximum absolute atomic E-state index is 11.5. The molecule has 3 nitrogen and oxygen atoms in total. The van der Waals surface area contributed by atoms with E-state index in [1.807, 2.05) is 32.0 Å². The molecule has 1 aromatic rings. The van der Waals surface area contributed by atoms with Gasteiger partial charge >= 0.3 is 0 Å². The summed E-state index contributed by atoms with van der Waals surface area (Å²) in [4.78, 5) is 11.5. The van der Waals surface area contributed by atoms with E-state index in [4.69, 9.17) is 5.73 Å². The van der Waals surface area contributed by atoms with Crippen LogP contribution < -0.4 is 11.1 Å². The Morgan fingerprint density at radius 1 is 1.56 bits per heavy atom. The zero-order valence-corrected chi connectivity index (χ0v) is 12.3. The summed E-state index contributed by atoms with van der Waals surface area (Å²) >= 11 is 2.24. The lowest BCUT2D eigenvalue weighted by atomic mass is 10.2. The molecule has 0 unspecified atom stereocenters. The van der Waals surface area contributed by atoms with E-state index in [9.17, 15) is 4.79 Å². The van der Waals surface area contributed by atoms with Crippen molar-refractivity contribution in [1.82, 2.24) is 0 Å². The van der Waals surface area contributed by atoms with Crippen LogP contribution in [0.4, 0.5) is 5.69 Å². The predicted molar refractivity (Wildman–Crippen MR) is 78.0 cm³/mol. The molecule has 1 rings (SSSR count). The minimum Gasteiger partial charge on any atom is -0.325 e. The molecule has 0 spiro atoms. The Balaban J connectivity index is 0.00000225. The predicted octanol–water partition coefficient (Wildman–Crippen LogP) is 2.70. The summed E-state index contributed by atoms with van der Waals surface area (Å²) in [5, 5.41) is 2.79. The highest BCUT2D eigenvalue weighted by Gasteiger charge is 2.10. The summed E-state index contributed by atoms with van der Waals surface area (Å²) in [6.45, 7) is 3.92. The Hall–Kier alpha value is -0.330. The number of aryl methyl sites for hydroxylation is 1. The third kappa shape index (κ3) is 4.27. The number of halogens is 2. The number of hydrogen-bond acceptors (Lipinski definition) is 2. The van der Waals surface area contributed by atoms with Gasteiger partial charge in [0.1, 0.15) is 0 Å². The quantitative estimate of drug-likeness (QED) is 0.820. The van der Waals surface area contributed by atoms with Crippen LogP contribution in [-0.2, 0) is 4.79 Å². The maximum atomic E-state index is 11.5. The lowest BCUT2D eigenvalue weighted by molar-refractivity contribution is -0.117. The summed E-state index contributed by atoms with van der Waals surface area (Å²) in [6, 6.07) is 5.38. The Kier molecular flexibility index (Phi) is 6.94. The first-order valence-electron chi connectivity index (χ1n) is 4.87. The highest BCUT2D eigenvalue weighted by Crippen LogP contribution is 2.17.